The van der Waals surface area contributed by atoms with Gasteiger partial charge in [0.05, 0.1) is 11.4 Å². The second-order valence-electron chi connectivity index (χ2n) is 20.6. The number of anilines is 4. The number of nitrogens with zero attached hydrogens (tertiary/aromatic N) is 6. The zero-order valence-corrected chi connectivity index (χ0v) is 46.9. The molecule has 0 amide bonds. The van der Waals surface area contributed by atoms with E-state index in [2.05, 4.69) is 245 Å². The van der Waals surface area contributed by atoms with E-state index < -0.39 is 0 Å². The highest BCUT2D eigenvalue weighted by atomic mass is 15.1. The molecule has 0 heterocycles. The summed E-state index contributed by atoms with van der Waals surface area (Å²) in [7, 11) is 0. The highest BCUT2D eigenvalue weighted by Gasteiger charge is 2.26. The smallest absolute Gasteiger partial charge is 0.0652 e. The molecule has 3 aliphatic rings. The summed E-state index contributed by atoms with van der Waals surface area (Å²) in [6.45, 7) is 27.4. The number of rotatable bonds is 20. The van der Waals surface area contributed by atoms with E-state index in [0.717, 1.165) is 76.9 Å². The van der Waals surface area contributed by atoms with E-state index in [0.29, 0.717) is 11.8 Å². The van der Waals surface area contributed by atoms with Crippen molar-refractivity contribution in [3.05, 3.63) is 214 Å². The summed E-state index contributed by atoms with van der Waals surface area (Å²) in [4.78, 5) is 19.8. The molecule has 0 spiro atoms. The SMILES string of the molecule is CCN=C1C=CC(=C(c2ccc(N(CC)CC)cc2)c2ccc(N(CC)CC3CCC(CN(CC)c4ccc(C(=C5C=CC(=NCC)c6ccccc65)c5ccc(N(CC)CC)cc5)cc4)CC3)cc2)c2ccccc21. The number of fused-ring (bicyclic) bond motifs is 2. The number of allylic oxidation sites excluding steroid dienone is 6. The van der Waals surface area contributed by atoms with Gasteiger partial charge in [-0.25, -0.2) is 0 Å². The minimum Gasteiger partial charge on any atom is -0.372 e. The van der Waals surface area contributed by atoms with Crippen molar-refractivity contribution in [3.8, 4) is 0 Å². The van der Waals surface area contributed by atoms with Crippen molar-refractivity contribution in [3.63, 3.8) is 0 Å². The first-order valence-corrected chi connectivity index (χ1v) is 28.9. The lowest BCUT2D eigenvalue weighted by Crippen LogP contribution is -2.35. The maximum absolute atomic E-state index is 4.87. The van der Waals surface area contributed by atoms with Crippen LogP contribution in [-0.4, -0.2) is 76.9 Å². The monoisotopic (exact) mass is 1010 g/mol. The molecule has 0 unspecified atom stereocenters. The minimum atomic E-state index is 0.686. The zero-order valence-electron chi connectivity index (χ0n) is 46.9. The first-order valence-electron chi connectivity index (χ1n) is 28.9. The van der Waals surface area contributed by atoms with Gasteiger partial charge in [-0.2, -0.15) is 0 Å². The molecule has 1 saturated carbocycles. The van der Waals surface area contributed by atoms with E-state index in [9.17, 15) is 0 Å². The van der Waals surface area contributed by atoms with Crippen LogP contribution in [0, 0.1) is 11.8 Å². The number of aliphatic imine (C=N–C) groups is 2. The van der Waals surface area contributed by atoms with E-state index >= 15 is 0 Å². The number of hydrogen-bond donors (Lipinski definition) is 0. The molecule has 76 heavy (non-hydrogen) atoms. The highest BCUT2D eigenvalue weighted by molar-refractivity contribution is 6.20. The van der Waals surface area contributed by atoms with Crippen molar-refractivity contribution in [2.75, 3.05) is 85.0 Å². The lowest BCUT2D eigenvalue weighted by atomic mass is 9.81. The molecule has 0 atom stereocenters. The largest absolute Gasteiger partial charge is 0.372 e. The molecule has 0 radical (unpaired) electrons. The van der Waals surface area contributed by atoms with E-state index in [1.807, 2.05) is 0 Å². The third kappa shape index (κ3) is 11.8. The van der Waals surface area contributed by atoms with Crippen LogP contribution in [0.25, 0.3) is 22.3 Å². The first kappa shape index (κ1) is 53.6. The van der Waals surface area contributed by atoms with Crippen LogP contribution in [-0.2, 0) is 0 Å². The van der Waals surface area contributed by atoms with Crippen LogP contribution in [0.1, 0.15) is 126 Å². The topological polar surface area (TPSA) is 37.7 Å². The normalized spacial score (nSPS) is 18.3. The van der Waals surface area contributed by atoms with Gasteiger partial charge in [0.15, 0.2) is 0 Å². The summed E-state index contributed by atoms with van der Waals surface area (Å²) in [5.41, 5.74) is 22.1. The second kappa shape index (κ2) is 25.6. The lowest BCUT2D eigenvalue weighted by Gasteiger charge is -2.36. The van der Waals surface area contributed by atoms with Crippen molar-refractivity contribution in [1.29, 1.82) is 0 Å². The fraction of sp³-hybridized carbons (Fsp3) is 0.343. The Morgan fingerprint density at radius 2 is 0.618 bits per heavy atom. The van der Waals surface area contributed by atoms with Crippen LogP contribution in [0.2, 0.25) is 0 Å². The second-order valence-corrected chi connectivity index (χ2v) is 20.6. The van der Waals surface area contributed by atoms with Crippen LogP contribution in [0.4, 0.5) is 22.7 Å². The van der Waals surface area contributed by atoms with Crippen LogP contribution in [0.15, 0.2) is 180 Å². The van der Waals surface area contributed by atoms with Gasteiger partial charge in [0.25, 0.3) is 0 Å². The molecule has 0 bridgehead atoms. The predicted molar refractivity (Wildman–Crippen MR) is 331 cm³/mol. The van der Waals surface area contributed by atoms with Gasteiger partial charge in [-0.1, -0.05) is 109 Å². The molecule has 3 aliphatic carbocycles. The molecule has 0 N–H and O–H groups in total. The molecule has 6 heteroatoms. The molecule has 6 aromatic carbocycles. The summed E-state index contributed by atoms with van der Waals surface area (Å²) in [5.74, 6) is 1.37. The Balaban J connectivity index is 0.898. The molecule has 0 aromatic heterocycles. The van der Waals surface area contributed by atoms with Gasteiger partial charge in [-0.15, -0.1) is 0 Å². The first-order chi connectivity index (χ1) is 37.3. The van der Waals surface area contributed by atoms with Crippen molar-refractivity contribution >= 4 is 56.5 Å². The van der Waals surface area contributed by atoms with Crippen LogP contribution >= 0.6 is 0 Å². The highest BCUT2D eigenvalue weighted by Crippen LogP contribution is 2.41. The molecule has 0 aliphatic heterocycles. The predicted octanol–water partition coefficient (Wildman–Crippen LogP) is 16.2. The van der Waals surface area contributed by atoms with Gasteiger partial charge in [-0.05, 0) is 209 Å². The molecule has 9 rings (SSSR count). The average Bonchev–Trinajstić information content (AvgIpc) is 3.47. The van der Waals surface area contributed by atoms with Crippen LogP contribution < -0.4 is 19.6 Å². The van der Waals surface area contributed by atoms with Gasteiger partial charge in [-0.3, -0.25) is 9.98 Å². The Labute approximate surface area is 456 Å². The van der Waals surface area contributed by atoms with Crippen molar-refractivity contribution < 1.29 is 0 Å². The van der Waals surface area contributed by atoms with Gasteiger partial charge >= 0.3 is 0 Å². The van der Waals surface area contributed by atoms with Crippen LogP contribution in [0.5, 0.6) is 0 Å². The van der Waals surface area contributed by atoms with Crippen molar-refractivity contribution in [2.45, 2.75) is 81.1 Å². The molecule has 392 valence electrons. The fourth-order valence-corrected chi connectivity index (χ4v) is 12.2. The Hall–Kier alpha value is -7.18. The molecule has 6 aromatic rings. The van der Waals surface area contributed by atoms with E-state index in [-0.39, 0.29) is 0 Å². The van der Waals surface area contributed by atoms with Gasteiger partial charge in [0.1, 0.15) is 0 Å². The molecule has 1 fully saturated rings. The fourth-order valence-electron chi connectivity index (χ4n) is 12.2. The maximum atomic E-state index is 4.87. The standard InChI is InChI=1S/C70H82N6/c1-9-71-67-47-45-65(61-21-17-19-23-63(61)67)69(53-29-37-57(38-30-53)73(11-3)12-4)55-33-41-59(42-34-55)75(15-7)49-51-25-27-52(28-26-51)50-76(16-8)60-43-35-56(36-44-60)70(54-31-39-58(40-32-54)74(13-5)14-6)66-46-48-68(72-10-2)64-24-20-18-22-62(64)66/h17-24,29-48,51-52H,9-16,25-28,49-50H2,1-8H3. The Morgan fingerprint density at radius 3 is 0.895 bits per heavy atom. The summed E-state index contributed by atoms with van der Waals surface area (Å²) < 4.78 is 0. The van der Waals surface area contributed by atoms with Gasteiger partial charge in [0.2, 0.25) is 0 Å². The third-order valence-corrected chi connectivity index (χ3v) is 16.3. The quantitative estimate of drug-likeness (QED) is 0.0764. The molecular weight excluding hydrogens is 925 g/mol. The van der Waals surface area contributed by atoms with Crippen molar-refractivity contribution in [1.82, 2.24) is 0 Å². The van der Waals surface area contributed by atoms with Crippen molar-refractivity contribution in [2.24, 2.45) is 21.8 Å². The van der Waals surface area contributed by atoms with Gasteiger partial charge < -0.3 is 19.6 Å². The zero-order chi connectivity index (χ0) is 53.0. The molecular formula is C70H82N6. The Bertz CT molecular complexity index is 2850. The van der Waals surface area contributed by atoms with E-state index in [1.54, 1.807) is 0 Å². The summed E-state index contributed by atoms with van der Waals surface area (Å²) >= 11 is 0. The summed E-state index contributed by atoms with van der Waals surface area (Å²) in [5, 5.41) is 0. The van der Waals surface area contributed by atoms with Crippen LogP contribution in [0.3, 0.4) is 0 Å². The Kier molecular flexibility index (Phi) is 18.0. The summed E-state index contributed by atoms with van der Waals surface area (Å²) in [6, 6.07) is 54.9. The third-order valence-electron chi connectivity index (χ3n) is 16.3. The lowest BCUT2D eigenvalue weighted by molar-refractivity contribution is 0.278. The van der Waals surface area contributed by atoms with E-state index in [1.165, 1.54) is 115 Å². The maximum Gasteiger partial charge on any atom is 0.0652 e. The number of benzene rings is 6. The Morgan fingerprint density at radius 1 is 0.342 bits per heavy atom. The molecule has 0 saturated heterocycles. The van der Waals surface area contributed by atoms with Gasteiger partial charge in [0, 0.05) is 99.3 Å². The average molecular weight is 1010 g/mol. The minimum absolute atomic E-state index is 0.686. The molecule has 6 nitrogen and oxygen atoms in total. The van der Waals surface area contributed by atoms with E-state index in [4.69, 9.17) is 9.98 Å². The number of hydrogen-bond acceptors (Lipinski definition) is 6. The summed E-state index contributed by atoms with van der Waals surface area (Å²) in [6.07, 6.45) is 14.1.